The molecule has 0 bridgehead atoms. The Morgan fingerprint density at radius 2 is 1.57 bits per heavy atom. The Bertz CT molecular complexity index is 919. The average molecular weight is 405 g/mol. The molecule has 1 fully saturated rings. The molecule has 0 radical (unpaired) electrons. The number of carbonyl (C=O) groups is 1. The minimum Gasteiger partial charge on any atom is -0.338 e. The molecule has 1 aromatic heterocycles. The molecule has 3 aromatic rings. The third-order valence-electron chi connectivity index (χ3n) is 5.46. The molecule has 0 spiro atoms. The molecule has 1 aliphatic rings. The molecule has 0 atom stereocenters. The second-order valence-electron chi connectivity index (χ2n) is 7.79. The van der Waals surface area contributed by atoms with Gasteiger partial charge in [0.05, 0.1) is 6.54 Å². The van der Waals surface area contributed by atoms with Gasteiger partial charge in [-0.1, -0.05) is 60.7 Å². The predicted octanol–water partition coefficient (Wildman–Crippen LogP) is 3.36. The van der Waals surface area contributed by atoms with Crippen molar-refractivity contribution < 1.29 is 4.79 Å². The lowest BCUT2D eigenvalue weighted by Crippen LogP contribution is -2.39. The number of carbonyl (C=O) groups excluding carboxylic acids is 1. The standard InChI is InChI=1S/C23H28N6O/c30-23(26-22-25-18-29(27-22)17-21-9-5-2-6-10-21)24-15-19-11-13-28(14-12-19)16-20-7-3-1-4-8-20/h1-10,18-19H,11-17H2,(H2,24,26,27,30). The first-order valence-electron chi connectivity index (χ1n) is 10.5. The van der Waals surface area contributed by atoms with E-state index >= 15 is 0 Å². The number of piperidine rings is 1. The highest BCUT2D eigenvalue weighted by molar-refractivity contribution is 5.87. The van der Waals surface area contributed by atoms with Crippen LogP contribution >= 0.6 is 0 Å². The Hall–Kier alpha value is -3.19. The van der Waals surface area contributed by atoms with Crippen molar-refractivity contribution in [2.45, 2.75) is 25.9 Å². The molecule has 2 heterocycles. The first-order chi connectivity index (χ1) is 14.7. The number of benzene rings is 2. The molecule has 0 aliphatic carbocycles. The maximum Gasteiger partial charge on any atom is 0.321 e. The van der Waals surface area contributed by atoms with Crippen molar-refractivity contribution in [3.8, 4) is 0 Å². The smallest absolute Gasteiger partial charge is 0.321 e. The van der Waals surface area contributed by atoms with Crippen molar-refractivity contribution in [3.05, 3.63) is 78.1 Å². The highest BCUT2D eigenvalue weighted by Gasteiger charge is 2.20. The number of urea groups is 1. The molecule has 2 aromatic carbocycles. The molecule has 1 aliphatic heterocycles. The number of anilines is 1. The lowest BCUT2D eigenvalue weighted by molar-refractivity contribution is 0.175. The maximum atomic E-state index is 12.2. The first kappa shape index (κ1) is 20.1. The Balaban J connectivity index is 1.16. The molecular weight excluding hydrogens is 376 g/mol. The third kappa shape index (κ3) is 5.90. The van der Waals surface area contributed by atoms with Gasteiger partial charge in [0.15, 0.2) is 0 Å². The fraction of sp³-hybridized carbons (Fsp3) is 0.348. The minimum atomic E-state index is -0.251. The summed E-state index contributed by atoms with van der Waals surface area (Å²) in [5, 5.41) is 10.0. The minimum absolute atomic E-state index is 0.251. The largest absolute Gasteiger partial charge is 0.338 e. The molecule has 4 rings (SSSR count). The molecule has 2 amide bonds. The normalized spacial score (nSPS) is 15.1. The van der Waals surface area contributed by atoms with E-state index in [0.29, 0.717) is 25.0 Å². The van der Waals surface area contributed by atoms with E-state index in [1.807, 2.05) is 30.3 Å². The van der Waals surface area contributed by atoms with Crippen LogP contribution in [0.2, 0.25) is 0 Å². The van der Waals surface area contributed by atoms with E-state index in [1.54, 1.807) is 11.0 Å². The summed E-state index contributed by atoms with van der Waals surface area (Å²) in [7, 11) is 0. The Labute approximate surface area is 177 Å². The number of aromatic nitrogens is 3. The molecule has 0 saturated carbocycles. The van der Waals surface area contributed by atoms with Crippen molar-refractivity contribution in [2.75, 3.05) is 25.0 Å². The number of nitrogens with zero attached hydrogens (tertiary/aromatic N) is 4. The predicted molar refractivity (Wildman–Crippen MR) is 117 cm³/mol. The number of hydrogen-bond donors (Lipinski definition) is 2. The SMILES string of the molecule is O=C(NCC1CCN(Cc2ccccc2)CC1)Nc1ncn(Cc2ccccc2)n1. The van der Waals surface area contributed by atoms with Crippen molar-refractivity contribution in [1.29, 1.82) is 0 Å². The number of hydrogen-bond acceptors (Lipinski definition) is 4. The number of likely N-dealkylation sites (tertiary alicyclic amines) is 1. The maximum absolute atomic E-state index is 12.2. The van der Waals surface area contributed by atoms with Gasteiger partial charge in [0.2, 0.25) is 5.95 Å². The van der Waals surface area contributed by atoms with Gasteiger partial charge in [-0.3, -0.25) is 10.2 Å². The first-order valence-corrected chi connectivity index (χ1v) is 10.5. The van der Waals surface area contributed by atoms with Crippen LogP contribution in [0.4, 0.5) is 10.7 Å². The van der Waals surface area contributed by atoms with Gasteiger partial charge in [0.25, 0.3) is 0 Å². The van der Waals surface area contributed by atoms with Crippen LogP contribution in [0, 0.1) is 5.92 Å². The zero-order valence-electron chi connectivity index (χ0n) is 17.1. The summed E-state index contributed by atoms with van der Waals surface area (Å²) in [6.07, 6.45) is 3.82. The zero-order chi connectivity index (χ0) is 20.6. The zero-order valence-corrected chi connectivity index (χ0v) is 17.1. The van der Waals surface area contributed by atoms with Crippen LogP contribution in [0.25, 0.3) is 0 Å². The van der Waals surface area contributed by atoms with E-state index in [4.69, 9.17) is 0 Å². The summed E-state index contributed by atoms with van der Waals surface area (Å²) in [5.41, 5.74) is 2.49. The summed E-state index contributed by atoms with van der Waals surface area (Å²) in [5.74, 6) is 0.826. The van der Waals surface area contributed by atoms with Gasteiger partial charge in [0.1, 0.15) is 6.33 Å². The van der Waals surface area contributed by atoms with E-state index in [1.165, 1.54) is 5.56 Å². The van der Waals surface area contributed by atoms with Crippen LogP contribution in [0.3, 0.4) is 0 Å². The second-order valence-corrected chi connectivity index (χ2v) is 7.79. The van der Waals surface area contributed by atoms with Gasteiger partial charge in [-0.2, -0.15) is 0 Å². The highest BCUT2D eigenvalue weighted by Crippen LogP contribution is 2.18. The lowest BCUT2D eigenvalue weighted by atomic mass is 9.96. The molecule has 1 saturated heterocycles. The number of amides is 2. The Morgan fingerprint density at radius 3 is 2.23 bits per heavy atom. The summed E-state index contributed by atoms with van der Waals surface area (Å²) in [6.45, 7) is 4.43. The molecule has 2 N–H and O–H groups in total. The van der Waals surface area contributed by atoms with Gasteiger partial charge >= 0.3 is 6.03 Å². The monoisotopic (exact) mass is 404 g/mol. The average Bonchev–Trinajstić information content (AvgIpc) is 3.21. The summed E-state index contributed by atoms with van der Waals surface area (Å²) >= 11 is 0. The summed E-state index contributed by atoms with van der Waals surface area (Å²) in [6, 6.07) is 20.4. The van der Waals surface area contributed by atoms with Gasteiger partial charge in [0, 0.05) is 13.1 Å². The quantitative estimate of drug-likeness (QED) is 0.633. The van der Waals surface area contributed by atoms with E-state index in [2.05, 4.69) is 55.9 Å². The third-order valence-corrected chi connectivity index (χ3v) is 5.46. The van der Waals surface area contributed by atoms with Crippen LogP contribution in [-0.2, 0) is 13.1 Å². The molecule has 156 valence electrons. The fourth-order valence-electron chi connectivity index (χ4n) is 3.77. The molecule has 7 nitrogen and oxygen atoms in total. The van der Waals surface area contributed by atoms with E-state index in [0.717, 1.165) is 38.0 Å². The van der Waals surface area contributed by atoms with Crippen LogP contribution in [-0.4, -0.2) is 45.3 Å². The Morgan fingerprint density at radius 1 is 0.933 bits per heavy atom. The highest BCUT2D eigenvalue weighted by atomic mass is 16.2. The second kappa shape index (κ2) is 10.0. The van der Waals surface area contributed by atoms with Gasteiger partial charge < -0.3 is 5.32 Å². The lowest BCUT2D eigenvalue weighted by Gasteiger charge is -2.32. The number of rotatable bonds is 7. The molecule has 30 heavy (non-hydrogen) atoms. The summed E-state index contributed by atoms with van der Waals surface area (Å²) < 4.78 is 1.72. The van der Waals surface area contributed by atoms with Crippen LogP contribution in [0.1, 0.15) is 24.0 Å². The van der Waals surface area contributed by atoms with Gasteiger partial charge in [-0.15, -0.1) is 5.10 Å². The number of nitrogens with one attached hydrogen (secondary N) is 2. The van der Waals surface area contributed by atoms with E-state index < -0.39 is 0 Å². The fourth-order valence-corrected chi connectivity index (χ4v) is 3.77. The Kier molecular flexibility index (Phi) is 6.72. The summed E-state index contributed by atoms with van der Waals surface area (Å²) in [4.78, 5) is 18.9. The van der Waals surface area contributed by atoms with Crippen molar-refractivity contribution >= 4 is 12.0 Å². The molecular formula is C23H28N6O. The molecule has 0 unspecified atom stereocenters. The van der Waals surface area contributed by atoms with E-state index in [9.17, 15) is 4.79 Å². The molecule has 7 heteroatoms. The van der Waals surface area contributed by atoms with Crippen LogP contribution < -0.4 is 10.6 Å². The van der Waals surface area contributed by atoms with Crippen molar-refractivity contribution in [3.63, 3.8) is 0 Å². The van der Waals surface area contributed by atoms with Crippen LogP contribution in [0.15, 0.2) is 67.0 Å². The van der Waals surface area contributed by atoms with Crippen LogP contribution in [0.5, 0.6) is 0 Å². The van der Waals surface area contributed by atoms with Gasteiger partial charge in [-0.05, 0) is 43.0 Å². The van der Waals surface area contributed by atoms with Crippen molar-refractivity contribution in [1.82, 2.24) is 25.0 Å². The van der Waals surface area contributed by atoms with Crippen molar-refractivity contribution in [2.24, 2.45) is 5.92 Å². The van der Waals surface area contributed by atoms with E-state index in [-0.39, 0.29) is 6.03 Å². The van der Waals surface area contributed by atoms with Gasteiger partial charge in [-0.25, -0.2) is 14.5 Å². The topological polar surface area (TPSA) is 75.1 Å².